The zero-order chi connectivity index (χ0) is 15.6. The normalized spacial score (nSPS) is 20.3. The Morgan fingerprint density at radius 3 is 2.67 bits per heavy atom. The number of benzene rings is 1. The Morgan fingerprint density at radius 1 is 1.38 bits per heavy atom. The second-order valence-electron chi connectivity index (χ2n) is 5.56. The molecule has 1 unspecified atom stereocenters. The summed E-state index contributed by atoms with van der Waals surface area (Å²) in [6.45, 7) is 1.29. The van der Waals surface area contributed by atoms with Crippen molar-refractivity contribution in [3.8, 4) is 0 Å². The van der Waals surface area contributed by atoms with Crippen molar-refractivity contribution in [2.45, 2.75) is 29.7 Å². The molecule has 0 aromatic heterocycles. The predicted molar refractivity (Wildman–Crippen MR) is 86.5 cm³/mol. The maximum absolute atomic E-state index is 12.8. The minimum Gasteiger partial charge on any atom is -0.308 e. The summed E-state index contributed by atoms with van der Waals surface area (Å²) in [5, 5.41) is 0.398. The zero-order valence-corrected chi connectivity index (χ0v) is 14.5. The van der Waals surface area contributed by atoms with E-state index in [0.29, 0.717) is 11.6 Å². The highest BCUT2D eigenvalue weighted by Gasteiger charge is 2.35. The van der Waals surface area contributed by atoms with Gasteiger partial charge in [-0.25, -0.2) is 8.42 Å². The molecule has 0 spiro atoms. The van der Waals surface area contributed by atoms with E-state index in [1.807, 2.05) is 19.0 Å². The van der Waals surface area contributed by atoms with Gasteiger partial charge in [0.1, 0.15) is 0 Å². The van der Waals surface area contributed by atoms with Crippen molar-refractivity contribution in [1.82, 2.24) is 9.21 Å². The van der Waals surface area contributed by atoms with Gasteiger partial charge in [-0.1, -0.05) is 17.7 Å². The van der Waals surface area contributed by atoms with E-state index in [2.05, 4.69) is 0 Å². The van der Waals surface area contributed by atoms with Crippen LogP contribution in [0, 0.1) is 0 Å². The molecule has 1 fully saturated rings. The van der Waals surface area contributed by atoms with Crippen molar-refractivity contribution in [3.63, 3.8) is 0 Å². The average molecular weight is 351 g/mol. The van der Waals surface area contributed by atoms with Crippen LogP contribution in [-0.4, -0.2) is 50.8 Å². The lowest BCUT2D eigenvalue weighted by atomic mass is 10.2. The van der Waals surface area contributed by atoms with E-state index >= 15 is 0 Å². The molecular formula is C14H20Cl2N2O2S. The maximum Gasteiger partial charge on any atom is 0.243 e. The molecule has 0 amide bonds. The van der Waals surface area contributed by atoms with Gasteiger partial charge >= 0.3 is 0 Å². The summed E-state index contributed by atoms with van der Waals surface area (Å²) in [5.74, 6) is 0.270. The van der Waals surface area contributed by atoms with Crippen LogP contribution in [0.3, 0.4) is 0 Å². The average Bonchev–Trinajstić information content (AvgIpc) is 2.86. The van der Waals surface area contributed by atoms with Crippen LogP contribution < -0.4 is 0 Å². The van der Waals surface area contributed by atoms with E-state index in [4.69, 9.17) is 23.2 Å². The van der Waals surface area contributed by atoms with Crippen molar-refractivity contribution in [2.24, 2.45) is 0 Å². The van der Waals surface area contributed by atoms with Crippen molar-refractivity contribution < 1.29 is 8.42 Å². The molecule has 0 N–H and O–H groups in total. The van der Waals surface area contributed by atoms with Crippen LogP contribution in [-0.2, 0) is 15.9 Å². The minimum atomic E-state index is -3.50. The number of rotatable bonds is 5. The maximum atomic E-state index is 12.8. The van der Waals surface area contributed by atoms with Gasteiger partial charge in [-0.2, -0.15) is 4.31 Å². The second-order valence-corrected chi connectivity index (χ2v) is 8.13. The van der Waals surface area contributed by atoms with E-state index in [0.717, 1.165) is 24.9 Å². The summed E-state index contributed by atoms with van der Waals surface area (Å²) in [5.41, 5.74) is 0.739. The molecule has 4 nitrogen and oxygen atoms in total. The predicted octanol–water partition coefficient (Wildman–Crippen LogP) is 2.79. The van der Waals surface area contributed by atoms with Gasteiger partial charge in [0.15, 0.2) is 0 Å². The van der Waals surface area contributed by atoms with Gasteiger partial charge in [0.05, 0.1) is 4.90 Å². The first kappa shape index (κ1) is 17.0. The largest absolute Gasteiger partial charge is 0.308 e. The molecule has 1 saturated heterocycles. The lowest BCUT2D eigenvalue weighted by Crippen LogP contribution is -2.41. The highest BCUT2D eigenvalue weighted by molar-refractivity contribution is 7.89. The van der Waals surface area contributed by atoms with Crippen LogP contribution in [0.1, 0.15) is 18.4 Å². The number of halogens is 2. The number of alkyl halides is 1. The molecule has 1 heterocycles. The van der Waals surface area contributed by atoms with Crippen LogP contribution in [0.2, 0.25) is 5.02 Å². The molecule has 1 aromatic rings. The molecule has 21 heavy (non-hydrogen) atoms. The first-order chi connectivity index (χ1) is 9.86. The second kappa shape index (κ2) is 6.84. The van der Waals surface area contributed by atoms with Gasteiger partial charge in [-0.3, -0.25) is 0 Å². The summed E-state index contributed by atoms with van der Waals surface area (Å²) in [7, 11) is 0.405. The highest BCUT2D eigenvalue weighted by atomic mass is 35.5. The molecule has 118 valence electrons. The Balaban J connectivity index is 2.30. The van der Waals surface area contributed by atoms with Crippen molar-refractivity contribution in [1.29, 1.82) is 0 Å². The lowest BCUT2D eigenvalue weighted by Gasteiger charge is -2.26. The number of sulfonamides is 1. The Labute approximate surface area is 136 Å². The Hall–Kier alpha value is -0.330. The molecule has 0 saturated carbocycles. The smallest absolute Gasteiger partial charge is 0.243 e. The monoisotopic (exact) mass is 350 g/mol. The molecular weight excluding hydrogens is 331 g/mol. The molecule has 0 bridgehead atoms. The van der Waals surface area contributed by atoms with Crippen LogP contribution >= 0.6 is 23.2 Å². The number of hydrogen-bond acceptors (Lipinski definition) is 3. The molecule has 1 atom stereocenters. The summed E-state index contributed by atoms with van der Waals surface area (Å²) < 4.78 is 27.2. The number of nitrogens with zero attached hydrogens (tertiary/aromatic N) is 2. The van der Waals surface area contributed by atoms with Crippen molar-refractivity contribution in [2.75, 3.05) is 27.2 Å². The highest BCUT2D eigenvalue weighted by Crippen LogP contribution is 2.29. The molecule has 1 aliphatic heterocycles. The summed E-state index contributed by atoms with van der Waals surface area (Å²) in [4.78, 5) is 2.26. The molecule has 0 aliphatic carbocycles. The number of hydrogen-bond donors (Lipinski definition) is 0. The van der Waals surface area contributed by atoms with Gasteiger partial charge in [-0.15, -0.1) is 11.6 Å². The van der Waals surface area contributed by atoms with Gasteiger partial charge in [0.25, 0.3) is 0 Å². The fraction of sp³-hybridized carbons (Fsp3) is 0.571. The van der Waals surface area contributed by atoms with Gasteiger partial charge in [0, 0.05) is 30.0 Å². The van der Waals surface area contributed by atoms with Gasteiger partial charge < -0.3 is 4.90 Å². The van der Waals surface area contributed by atoms with Crippen LogP contribution in [0.25, 0.3) is 0 Å². The minimum absolute atomic E-state index is 0.0245. The third-order valence-electron chi connectivity index (χ3n) is 3.67. The first-order valence-corrected chi connectivity index (χ1v) is 9.22. The molecule has 1 aromatic carbocycles. The van der Waals surface area contributed by atoms with Gasteiger partial charge in [-0.05, 0) is 44.6 Å². The molecule has 7 heteroatoms. The molecule has 2 rings (SSSR count). The van der Waals surface area contributed by atoms with Gasteiger partial charge in [0.2, 0.25) is 10.0 Å². The van der Waals surface area contributed by atoms with E-state index in [1.54, 1.807) is 16.4 Å². The fourth-order valence-corrected chi connectivity index (χ4v) is 4.99. The molecule has 1 aliphatic rings. The lowest BCUT2D eigenvalue weighted by molar-refractivity contribution is 0.291. The Kier molecular flexibility index (Phi) is 5.54. The number of likely N-dealkylation sites (N-methyl/N-ethyl adjacent to an activating group) is 1. The van der Waals surface area contributed by atoms with E-state index < -0.39 is 10.0 Å². The van der Waals surface area contributed by atoms with Crippen molar-refractivity contribution >= 4 is 33.2 Å². The summed E-state index contributed by atoms with van der Waals surface area (Å²) >= 11 is 11.8. The van der Waals surface area contributed by atoms with E-state index in [9.17, 15) is 8.42 Å². The Morgan fingerprint density at radius 2 is 2.10 bits per heavy atom. The zero-order valence-electron chi connectivity index (χ0n) is 12.2. The summed E-state index contributed by atoms with van der Waals surface area (Å²) in [6, 6.07) is 4.79. The van der Waals surface area contributed by atoms with E-state index in [1.165, 1.54) is 6.07 Å². The summed E-state index contributed by atoms with van der Waals surface area (Å²) in [6.07, 6.45) is 1.79. The van der Waals surface area contributed by atoms with Crippen LogP contribution in [0.15, 0.2) is 23.1 Å². The topological polar surface area (TPSA) is 40.6 Å². The SMILES string of the molecule is CN(C)CC1CCCN1S(=O)(=O)c1ccc(CCl)c(Cl)c1. The quantitative estimate of drug-likeness (QED) is 0.766. The fourth-order valence-electron chi connectivity index (χ4n) is 2.66. The third kappa shape index (κ3) is 3.71. The third-order valence-corrected chi connectivity index (χ3v) is 6.26. The molecule has 0 radical (unpaired) electrons. The van der Waals surface area contributed by atoms with E-state index in [-0.39, 0.29) is 16.8 Å². The van der Waals surface area contributed by atoms with Crippen LogP contribution in [0.5, 0.6) is 0 Å². The van der Waals surface area contributed by atoms with Crippen molar-refractivity contribution in [3.05, 3.63) is 28.8 Å². The van der Waals surface area contributed by atoms with Crippen LogP contribution in [0.4, 0.5) is 0 Å². The first-order valence-electron chi connectivity index (χ1n) is 6.87. The Bertz CT molecular complexity index is 605. The standard InChI is InChI=1S/C14H20Cl2N2O2S/c1-17(2)10-12-4-3-7-18(12)21(19,20)13-6-5-11(9-15)14(16)8-13/h5-6,8,12H,3-4,7,9-10H2,1-2H3.